The average Bonchev–Trinajstić information content (AvgIpc) is 2.56. The number of benzene rings is 2. The van der Waals surface area contributed by atoms with E-state index in [-0.39, 0.29) is 17.1 Å². The Morgan fingerprint density at radius 1 is 1.04 bits per heavy atom. The van der Waals surface area contributed by atoms with E-state index in [2.05, 4.69) is 10.5 Å². The molecule has 0 aliphatic heterocycles. The lowest BCUT2D eigenvalue weighted by Gasteiger charge is -2.06. The van der Waals surface area contributed by atoms with Gasteiger partial charge in [-0.15, -0.1) is 0 Å². The summed E-state index contributed by atoms with van der Waals surface area (Å²) in [6, 6.07) is 8.91. The molecule has 0 spiro atoms. The van der Waals surface area contributed by atoms with Crippen LogP contribution < -0.4 is 14.9 Å². The number of aromatic hydroxyl groups is 2. The molecule has 1 amide bonds. The SMILES string of the molecule is COc1ccc(C(=O)N/N=C\c2cc(OC)ccc2O)c(O)c1. The number of carbonyl (C=O) groups excluding carboxylic acids is 1. The quantitative estimate of drug-likeness (QED) is 0.577. The zero-order valence-corrected chi connectivity index (χ0v) is 12.6. The third kappa shape index (κ3) is 3.91. The van der Waals surface area contributed by atoms with Crippen LogP contribution in [0.25, 0.3) is 0 Å². The number of carbonyl (C=O) groups is 1. The van der Waals surface area contributed by atoms with E-state index >= 15 is 0 Å². The van der Waals surface area contributed by atoms with Crippen LogP contribution in [0.3, 0.4) is 0 Å². The number of hydrogen-bond acceptors (Lipinski definition) is 6. The van der Waals surface area contributed by atoms with Gasteiger partial charge >= 0.3 is 0 Å². The van der Waals surface area contributed by atoms with Crippen LogP contribution in [0.4, 0.5) is 0 Å². The minimum absolute atomic E-state index is 0.00362. The van der Waals surface area contributed by atoms with Crippen molar-refractivity contribution >= 4 is 12.1 Å². The van der Waals surface area contributed by atoms with Crippen molar-refractivity contribution in [2.45, 2.75) is 0 Å². The number of hydrogen-bond donors (Lipinski definition) is 3. The van der Waals surface area contributed by atoms with Gasteiger partial charge < -0.3 is 19.7 Å². The Morgan fingerprint density at radius 2 is 1.70 bits per heavy atom. The minimum Gasteiger partial charge on any atom is -0.507 e. The molecule has 2 aromatic rings. The molecule has 7 nitrogen and oxygen atoms in total. The molecule has 0 fully saturated rings. The third-order valence-corrected chi connectivity index (χ3v) is 3.05. The Morgan fingerprint density at radius 3 is 2.35 bits per heavy atom. The number of ether oxygens (including phenoxy) is 2. The van der Waals surface area contributed by atoms with Crippen LogP contribution in [-0.2, 0) is 0 Å². The predicted octanol–water partition coefficient (Wildman–Crippen LogP) is 1.88. The standard InChI is InChI=1S/C16H16N2O5/c1-22-11-4-6-14(19)10(7-11)9-17-18-16(21)13-5-3-12(23-2)8-15(13)20/h3-9,19-20H,1-2H3,(H,18,21)/b17-9-. The average molecular weight is 316 g/mol. The summed E-state index contributed by atoms with van der Waals surface area (Å²) in [7, 11) is 2.96. The number of phenolic OH excluding ortho intramolecular Hbond substituents is 2. The Hall–Kier alpha value is -3.22. The van der Waals surface area contributed by atoms with Crippen molar-refractivity contribution in [3.05, 3.63) is 47.5 Å². The van der Waals surface area contributed by atoms with Crippen molar-refractivity contribution in [3.63, 3.8) is 0 Å². The Labute approximate surface area is 132 Å². The van der Waals surface area contributed by atoms with Crippen LogP contribution in [0.15, 0.2) is 41.5 Å². The first-order chi connectivity index (χ1) is 11.0. The van der Waals surface area contributed by atoms with Gasteiger partial charge in [-0.2, -0.15) is 5.10 Å². The number of amides is 1. The van der Waals surface area contributed by atoms with Gasteiger partial charge in [0, 0.05) is 11.6 Å². The number of rotatable bonds is 5. The van der Waals surface area contributed by atoms with Gasteiger partial charge in [-0.1, -0.05) is 0 Å². The largest absolute Gasteiger partial charge is 0.507 e. The van der Waals surface area contributed by atoms with Crippen molar-refractivity contribution < 1.29 is 24.5 Å². The molecule has 0 saturated carbocycles. The zero-order chi connectivity index (χ0) is 16.8. The second-order valence-corrected chi connectivity index (χ2v) is 4.51. The van der Waals surface area contributed by atoms with Crippen LogP contribution in [0.1, 0.15) is 15.9 Å². The van der Waals surface area contributed by atoms with Crippen molar-refractivity contribution in [1.29, 1.82) is 0 Å². The molecule has 23 heavy (non-hydrogen) atoms. The Kier molecular flexibility index (Phi) is 5.03. The number of nitrogens with one attached hydrogen (secondary N) is 1. The van der Waals surface area contributed by atoms with Gasteiger partial charge in [0.05, 0.1) is 26.0 Å². The maximum atomic E-state index is 12.0. The maximum absolute atomic E-state index is 12.0. The van der Waals surface area contributed by atoms with Gasteiger partial charge in [0.2, 0.25) is 0 Å². The van der Waals surface area contributed by atoms with E-state index in [0.717, 1.165) is 0 Å². The first-order valence-electron chi connectivity index (χ1n) is 6.62. The summed E-state index contributed by atoms with van der Waals surface area (Å²) in [5.41, 5.74) is 2.70. The summed E-state index contributed by atoms with van der Waals surface area (Å²) in [6.07, 6.45) is 1.27. The zero-order valence-electron chi connectivity index (χ0n) is 12.6. The van der Waals surface area contributed by atoms with E-state index in [9.17, 15) is 15.0 Å². The van der Waals surface area contributed by atoms with Crippen molar-refractivity contribution in [3.8, 4) is 23.0 Å². The fourth-order valence-electron chi connectivity index (χ4n) is 1.81. The second kappa shape index (κ2) is 7.17. The first kappa shape index (κ1) is 16.2. The van der Waals surface area contributed by atoms with Gasteiger partial charge in [-0.05, 0) is 30.3 Å². The lowest BCUT2D eigenvalue weighted by molar-refractivity contribution is 0.0952. The van der Waals surface area contributed by atoms with Crippen LogP contribution in [0, 0.1) is 0 Å². The molecule has 7 heteroatoms. The number of methoxy groups -OCH3 is 2. The molecule has 0 aliphatic rings. The van der Waals surface area contributed by atoms with Gasteiger partial charge in [0.25, 0.3) is 5.91 Å². The number of nitrogens with zero attached hydrogens (tertiary/aromatic N) is 1. The molecule has 0 unspecified atom stereocenters. The second-order valence-electron chi connectivity index (χ2n) is 4.51. The molecule has 0 atom stereocenters. The van der Waals surface area contributed by atoms with Gasteiger partial charge in [-0.25, -0.2) is 5.43 Å². The van der Waals surface area contributed by atoms with Crippen molar-refractivity contribution in [2.75, 3.05) is 14.2 Å². The summed E-state index contributed by atoms with van der Waals surface area (Å²) >= 11 is 0. The summed E-state index contributed by atoms with van der Waals surface area (Å²) in [6.45, 7) is 0. The lowest BCUT2D eigenvalue weighted by atomic mass is 10.2. The van der Waals surface area contributed by atoms with Gasteiger partial charge in [0.1, 0.15) is 23.0 Å². The van der Waals surface area contributed by atoms with Crippen molar-refractivity contribution in [2.24, 2.45) is 5.10 Å². The molecule has 0 saturated heterocycles. The highest BCUT2D eigenvalue weighted by molar-refractivity contribution is 5.97. The summed E-state index contributed by atoms with van der Waals surface area (Å²) in [4.78, 5) is 12.0. The maximum Gasteiger partial charge on any atom is 0.275 e. The lowest BCUT2D eigenvalue weighted by Crippen LogP contribution is -2.17. The summed E-state index contributed by atoms with van der Waals surface area (Å²) < 4.78 is 9.98. The molecule has 2 rings (SSSR count). The van der Waals surface area contributed by atoms with E-state index in [4.69, 9.17) is 9.47 Å². The fourth-order valence-corrected chi connectivity index (χ4v) is 1.81. The highest BCUT2D eigenvalue weighted by atomic mass is 16.5. The molecule has 120 valence electrons. The predicted molar refractivity (Wildman–Crippen MR) is 84.4 cm³/mol. The molecular formula is C16H16N2O5. The van der Waals surface area contributed by atoms with Gasteiger partial charge in [0.15, 0.2) is 0 Å². The topological polar surface area (TPSA) is 100 Å². The Balaban J connectivity index is 2.10. The molecule has 2 aromatic carbocycles. The molecule has 0 aliphatic carbocycles. The Bertz CT molecular complexity index is 743. The van der Waals surface area contributed by atoms with Crippen LogP contribution in [-0.4, -0.2) is 36.6 Å². The van der Waals surface area contributed by atoms with Crippen LogP contribution in [0.5, 0.6) is 23.0 Å². The van der Waals surface area contributed by atoms with E-state index in [0.29, 0.717) is 17.1 Å². The van der Waals surface area contributed by atoms with Gasteiger partial charge in [-0.3, -0.25) is 4.79 Å². The monoisotopic (exact) mass is 316 g/mol. The molecule has 0 bridgehead atoms. The van der Waals surface area contributed by atoms with Crippen molar-refractivity contribution in [1.82, 2.24) is 5.43 Å². The van der Waals surface area contributed by atoms with E-state index in [1.807, 2.05) is 0 Å². The first-order valence-corrected chi connectivity index (χ1v) is 6.62. The molecule has 0 aromatic heterocycles. The minimum atomic E-state index is -0.594. The molecule has 3 N–H and O–H groups in total. The van der Waals surface area contributed by atoms with E-state index in [1.54, 1.807) is 18.2 Å². The summed E-state index contributed by atoms with van der Waals surface area (Å²) in [5.74, 6) is 0.161. The van der Waals surface area contributed by atoms with Crippen LogP contribution in [0.2, 0.25) is 0 Å². The van der Waals surface area contributed by atoms with E-state index < -0.39 is 5.91 Å². The fraction of sp³-hybridized carbons (Fsp3) is 0.125. The molecule has 0 radical (unpaired) electrons. The molecule has 0 heterocycles. The van der Waals surface area contributed by atoms with E-state index in [1.165, 1.54) is 38.6 Å². The normalized spacial score (nSPS) is 10.5. The number of hydrazone groups is 1. The smallest absolute Gasteiger partial charge is 0.275 e. The molecular weight excluding hydrogens is 300 g/mol. The highest BCUT2D eigenvalue weighted by Gasteiger charge is 2.11. The number of phenols is 2. The highest BCUT2D eigenvalue weighted by Crippen LogP contribution is 2.23. The van der Waals surface area contributed by atoms with Crippen LogP contribution >= 0.6 is 0 Å². The third-order valence-electron chi connectivity index (χ3n) is 3.05. The summed E-state index contributed by atoms with van der Waals surface area (Å²) in [5, 5.41) is 23.2.